The molecule has 0 spiro atoms. The van der Waals surface area contributed by atoms with Gasteiger partial charge in [-0.3, -0.25) is 9.69 Å². The maximum atomic E-state index is 12.5. The Labute approximate surface area is 179 Å². The van der Waals surface area contributed by atoms with Crippen molar-refractivity contribution in [3.63, 3.8) is 0 Å². The molecule has 5 heterocycles. The second-order valence-electron chi connectivity index (χ2n) is 7.82. The molecule has 2 fully saturated rings. The van der Waals surface area contributed by atoms with Gasteiger partial charge in [-0.15, -0.1) is 0 Å². The average molecular weight is 418 g/mol. The zero-order valence-corrected chi connectivity index (χ0v) is 17.0. The van der Waals surface area contributed by atoms with Crippen LogP contribution in [0, 0.1) is 0 Å². The summed E-state index contributed by atoms with van der Waals surface area (Å²) in [6.45, 7) is 2.25. The summed E-state index contributed by atoms with van der Waals surface area (Å²) < 4.78 is 4.89. The van der Waals surface area contributed by atoms with Gasteiger partial charge in [-0.2, -0.15) is 0 Å². The fourth-order valence-corrected chi connectivity index (χ4v) is 4.12. The number of fused-ring (bicyclic) bond motifs is 1. The van der Waals surface area contributed by atoms with Crippen LogP contribution in [0.25, 0.3) is 22.2 Å². The molecule has 3 aromatic heterocycles. The van der Waals surface area contributed by atoms with Crippen LogP contribution in [-0.2, 0) is 9.53 Å². The van der Waals surface area contributed by atoms with Gasteiger partial charge in [0.15, 0.2) is 5.65 Å². The number of carbonyl (C=O) groups is 2. The fraction of sp³-hybridized carbons (Fsp3) is 0.364. The van der Waals surface area contributed by atoms with Gasteiger partial charge in [-0.25, -0.2) is 24.7 Å². The topological polar surface area (TPSA) is 101 Å². The summed E-state index contributed by atoms with van der Waals surface area (Å²) in [6.07, 6.45) is 8.10. The summed E-state index contributed by atoms with van der Waals surface area (Å²) in [5.41, 5.74) is 3.59. The van der Waals surface area contributed by atoms with Gasteiger partial charge in [0.1, 0.15) is 19.5 Å². The van der Waals surface area contributed by atoms with Crippen LogP contribution in [0.5, 0.6) is 0 Å². The molecule has 9 heteroatoms. The monoisotopic (exact) mass is 418 g/mol. The Morgan fingerprint density at radius 1 is 1.06 bits per heavy atom. The molecule has 3 aromatic rings. The van der Waals surface area contributed by atoms with E-state index in [1.54, 1.807) is 18.6 Å². The third kappa shape index (κ3) is 4.03. The highest BCUT2D eigenvalue weighted by molar-refractivity contribution is 5.83. The number of hydrogen-bond acceptors (Lipinski definition) is 7. The van der Waals surface area contributed by atoms with Crippen LogP contribution in [0.3, 0.4) is 0 Å². The SMILES string of the molecule is O=C(CN1CCOC1=O)N1CCC(c2ccc3cc(-c4cncnc4)cnc3n2)CC1. The number of carbonyl (C=O) groups excluding carboxylic acids is 2. The second kappa shape index (κ2) is 8.25. The van der Waals surface area contributed by atoms with Gasteiger partial charge in [-0.05, 0) is 31.0 Å². The molecule has 158 valence electrons. The van der Waals surface area contributed by atoms with Gasteiger partial charge < -0.3 is 9.64 Å². The lowest BCUT2D eigenvalue weighted by Crippen LogP contribution is -2.44. The Bertz CT molecular complexity index is 1110. The van der Waals surface area contributed by atoms with Gasteiger partial charge in [0, 0.05) is 59.8 Å². The molecule has 0 radical (unpaired) electrons. The molecule has 2 aliphatic rings. The second-order valence-corrected chi connectivity index (χ2v) is 7.82. The standard InChI is InChI=1S/C22H22N6O3/c29-20(13-28-7-8-31-22(28)30)27-5-3-15(4-6-27)19-2-1-16-9-17(12-25-21(16)26-19)18-10-23-14-24-11-18/h1-2,9-12,14-15H,3-8,13H2. The number of pyridine rings is 2. The predicted octanol–water partition coefficient (Wildman–Crippen LogP) is 2.25. The van der Waals surface area contributed by atoms with Crippen molar-refractivity contribution in [2.24, 2.45) is 0 Å². The summed E-state index contributed by atoms with van der Waals surface area (Å²) in [4.78, 5) is 44.8. The number of nitrogens with zero attached hydrogens (tertiary/aromatic N) is 6. The van der Waals surface area contributed by atoms with Crippen LogP contribution in [0.2, 0.25) is 0 Å². The van der Waals surface area contributed by atoms with Crippen molar-refractivity contribution in [3.8, 4) is 11.1 Å². The van der Waals surface area contributed by atoms with E-state index in [1.807, 2.05) is 11.0 Å². The van der Waals surface area contributed by atoms with E-state index >= 15 is 0 Å². The number of hydrogen-bond donors (Lipinski definition) is 0. The maximum absolute atomic E-state index is 12.5. The summed E-state index contributed by atoms with van der Waals surface area (Å²) in [5, 5.41) is 0.968. The van der Waals surface area contributed by atoms with E-state index in [2.05, 4.69) is 27.1 Å². The van der Waals surface area contributed by atoms with Gasteiger partial charge in [-0.1, -0.05) is 0 Å². The maximum Gasteiger partial charge on any atom is 0.410 e. The van der Waals surface area contributed by atoms with Gasteiger partial charge in [0.25, 0.3) is 0 Å². The molecule has 0 aromatic carbocycles. The van der Waals surface area contributed by atoms with Crippen molar-refractivity contribution in [1.82, 2.24) is 29.7 Å². The first-order valence-corrected chi connectivity index (χ1v) is 10.4. The van der Waals surface area contributed by atoms with Gasteiger partial charge in [0.05, 0.1) is 6.54 Å². The Balaban J connectivity index is 1.24. The largest absolute Gasteiger partial charge is 0.448 e. The van der Waals surface area contributed by atoms with E-state index < -0.39 is 6.09 Å². The Morgan fingerprint density at radius 2 is 1.87 bits per heavy atom. The van der Waals surface area contributed by atoms with Crippen molar-refractivity contribution in [2.75, 3.05) is 32.8 Å². The highest BCUT2D eigenvalue weighted by atomic mass is 16.6. The number of piperidine rings is 1. The van der Waals surface area contributed by atoms with Gasteiger partial charge in [0.2, 0.25) is 5.91 Å². The van der Waals surface area contributed by atoms with Crippen LogP contribution < -0.4 is 0 Å². The van der Waals surface area contributed by atoms with Crippen molar-refractivity contribution in [1.29, 1.82) is 0 Å². The number of ether oxygens (including phenoxy) is 1. The molecule has 0 saturated carbocycles. The van der Waals surface area contributed by atoms with Crippen LogP contribution in [0.15, 0.2) is 43.1 Å². The molecule has 2 aliphatic heterocycles. The minimum Gasteiger partial charge on any atom is -0.448 e. The summed E-state index contributed by atoms with van der Waals surface area (Å²) in [5.74, 6) is 0.261. The summed E-state index contributed by atoms with van der Waals surface area (Å²) >= 11 is 0. The number of aromatic nitrogens is 4. The van der Waals surface area contributed by atoms with E-state index in [0.717, 1.165) is 35.0 Å². The van der Waals surface area contributed by atoms with E-state index in [9.17, 15) is 9.59 Å². The molecule has 2 amide bonds. The Kier molecular flexibility index (Phi) is 5.15. The molecule has 0 unspecified atom stereocenters. The van der Waals surface area contributed by atoms with E-state index in [-0.39, 0.29) is 18.4 Å². The van der Waals surface area contributed by atoms with E-state index in [1.165, 1.54) is 11.2 Å². The highest BCUT2D eigenvalue weighted by Gasteiger charge is 2.29. The molecule has 0 N–H and O–H groups in total. The minimum absolute atomic E-state index is 0.0251. The molecular weight excluding hydrogens is 396 g/mol. The third-order valence-electron chi connectivity index (χ3n) is 5.89. The minimum atomic E-state index is -0.404. The first kappa shape index (κ1) is 19.3. The molecule has 9 nitrogen and oxygen atoms in total. The lowest BCUT2D eigenvalue weighted by atomic mass is 9.92. The van der Waals surface area contributed by atoms with Crippen LogP contribution in [-0.4, -0.2) is 74.5 Å². The summed E-state index contributed by atoms with van der Waals surface area (Å²) in [7, 11) is 0. The van der Waals surface area contributed by atoms with Crippen LogP contribution in [0.1, 0.15) is 24.5 Å². The molecule has 0 bridgehead atoms. The highest BCUT2D eigenvalue weighted by Crippen LogP contribution is 2.29. The van der Waals surface area contributed by atoms with Crippen molar-refractivity contribution in [2.45, 2.75) is 18.8 Å². The van der Waals surface area contributed by atoms with E-state index in [4.69, 9.17) is 9.72 Å². The Morgan fingerprint density at radius 3 is 2.61 bits per heavy atom. The zero-order valence-electron chi connectivity index (χ0n) is 17.0. The van der Waals surface area contributed by atoms with Crippen molar-refractivity contribution >= 4 is 23.0 Å². The van der Waals surface area contributed by atoms with Crippen LogP contribution >= 0.6 is 0 Å². The fourth-order valence-electron chi connectivity index (χ4n) is 4.12. The molecular formula is C22H22N6O3. The molecule has 31 heavy (non-hydrogen) atoms. The summed E-state index contributed by atoms with van der Waals surface area (Å²) in [6, 6.07) is 6.15. The number of rotatable bonds is 4. The lowest BCUT2D eigenvalue weighted by molar-refractivity contribution is -0.132. The smallest absolute Gasteiger partial charge is 0.410 e. The van der Waals surface area contributed by atoms with Crippen LogP contribution in [0.4, 0.5) is 4.79 Å². The molecule has 5 rings (SSSR count). The quantitative estimate of drug-likeness (QED) is 0.640. The number of amides is 2. The average Bonchev–Trinajstić information content (AvgIpc) is 3.23. The zero-order chi connectivity index (χ0) is 21.2. The number of cyclic esters (lactones) is 1. The molecule has 0 atom stereocenters. The lowest BCUT2D eigenvalue weighted by Gasteiger charge is -2.32. The first-order chi connectivity index (χ1) is 15.2. The van der Waals surface area contributed by atoms with Crippen molar-refractivity contribution < 1.29 is 14.3 Å². The first-order valence-electron chi connectivity index (χ1n) is 10.4. The normalized spacial score (nSPS) is 17.2. The Hall–Kier alpha value is -3.62. The van der Waals surface area contributed by atoms with Crippen molar-refractivity contribution in [3.05, 3.63) is 48.8 Å². The molecule has 2 saturated heterocycles. The molecule has 0 aliphatic carbocycles. The van der Waals surface area contributed by atoms with E-state index in [0.29, 0.717) is 31.9 Å². The van der Waals surface area contributed by atoms with Gasteiger partial charge >= 0.3 is 6.09 Å². The number of likely N-dealkylation sites (tertiary alicyclic amines) is 1. The predicted molar refractivity (Wildman–Crippen MR) is 112 cm³/mol. The third-order valence-corrected chi connectivity index (χ3v) is 5.89.